The predicted octanol–water partition coefficient (Wildman–Crippen LogP) is 5.20. The van der Waals surface area contributed by atoms with E-state index in [2.05, 4.69) is 5.32 Å². The predicted molar refractivity (Wildman–Crippen MR) is 144 cm³/mol. The van der Waals surface area contributed by atoms with Crippen LogP contribution in [0.4, 0.5) is 11.4 Å². The molecule has 0 spiro atoms. The van der Waals surface area contributed by atoms with E-state index in [-0.39, 0.29) is 10.8 Å². The van der Waals surface area contributed by atoms with E-state index in [0.717, 1.165) is 12.0 Å². The fraction of sp³-hybridized carbons (Fsp3) is 0.296. The first-order chi connectivity index (χ1) is 17.3. The summed E-state index contributed by atoms with van der Waals surface area (Å²) < 4.78 is 33.3. The van der Waals surface area contributed by atoms with E-state index in [1.165, 1.54) is 4.31 Å². The van der Waals surface area contributed by atoms with Crippen LogP contribution in [0.5, 0.6) is 5.75 Å². The molecule has 4 rings (SSSR count). The second kappa shape index (κ2) is 11.3. The van der Waals surface area contributed by atoms with Crippen LogP contribution in [0.25, 0.3) is 0 Å². The zero-order valence-electron chi connectivity index (χ0n) is 20.4. The fourth-order valence-corrected chi connectivity index (χ4v) is 5.81. The molecule has 9 heteroatoms. The van der Waals surface area contributed by atoms with Crippen LogP contribution < -0.4 is 15.0 Å². The average molecular weight is 528 g/mol. The lowest BCUT2D eigenvalue weighted by Gasteiger charge is -2.36. The Balaban J connectivity index is 1.49. The van der Waals surface area contributed by atoms with Gasteiger partial charge in [0.1, 0.15) is 5.75 Å². The summed E-state index contributed by atoms with van der Waals surface area (Å²) in [5.74, 6) is 0.364. The molecule has 0 unspecified atom stereocenters. The maximum atomic E-state index is 13.1. The molecule has 7 nitrogen and oxygen atoms in total. The highest BCUT2D eigenvalue weighted by Gasteiger charge is 2.30. The third-order valence-electron chi connectivity index (χ3n) is 6.02. The topological polar surface area (TPSA) is 79.0 Å². The van der Waals surface area contributed by atoms with Crippen molar-refractivity contribution in [1.82, 2.24) is 4.31 Å². The zero-order valence-corrected chi connectivity index (χ0v) is 22.0. The number of rotatable bonds is 8. The molecular weight excluding hydrogens is 498 g/mol. The molecule has 0 aromatic heterocycles. The molecule has 36 heavy (non-hydrogen) atoms. The van der Waals surface area contributed by atoms with Gasteiger partial charge in [-0.3, -0.25) is 4.79 Å². The molecule has 1 fully saturated rings. The van der Waals surface area contributed by atoms with Crippen LogP contribution in [0, 0.1) is 6.92 Å². The normalized spacial score (nSPS) is 14.5. The van der Waals surface area contributed by atoms with Gasteiger partial charge < -0.3 is 15.0 Å². The number of piperazine rings is 1. The number of para-hydroxylation sites is 1. The SMILES string of the molecule is CCCOc1cccc(C(=O)Nc2cccc(Cl)c2N2CCN(S(=O)(=O)c3ccc(C)cc3)CC2)c1. The Kier molecular flexibility index (Phi) is 8.18. The van der Waals surface area contributed by atoms with Crippen molar-refractivity contribution in [2.24, 2.45) is 0 Å². The Hall–Kier alpha value is -3.07. The summed E-state index contributed by atoms with van der Waals surface area (Å²) in [5, 5.41) is 3.46. The Morgan fingerprint density at radius 3 is 2.39 bits per heavy atom. The Bertz CT molecular complexity index is 1320. The van der Waals surface area contributed by atoms with Crippen molar-refractivity contribution in [3.05, 3.63) is 82.9 Å². The molecule has 0 radical (unpaired) electrons. The Labute approximate surface area is 217 Å². The van der Waals surface area contributed by atoms with Crippen LogP contribution in [-0.4, -0.2) is 51.4 Å². The molecule has 0 saturated carbocycles. The Morgan fingerprint density at radius 1 is 1.00 bits per heavy atom. The summed E-state index contributed by atoms with van der Waals surface area (Å²) in [6, 6.07) is 19.3. The molecule has 190 valence electrons. The maximum Gasteiger partial charge on any atom is 0.255 e. The molecule has 1 saturated heterocycles. The molecule has 0 atom stereocenters. The molecule has 1 heterocycles. The van der Waals surface area contributed by atoms with E-state index in [1.807, 2.05) is 24.8 Å². The second-order valence-corrected chi connectivity index (χ2v) is 11.0. The lowest BCUT2D eigenvalue weighted by atomic mass is 10.1. The van der Waals surface area contributed by atoms with Crippen LogP contribution >= 0.6 is 11.6 Å². The van der Waals surface area contributed by atoms with E-state index in [1.54, 1.807) is 60.7 Å². The van der Waals surface area contributed by atoms with Crippen molar-refractivity contribution in [3.63, 3.8) is 0 Å². The van der Waals surface area contributed by atoms with Crippen molar-refractivity contribution in [1.29, 1.82) is 0 Å². The smallest absolute Gasteiger partial charge is 0.255 e. The number of ether oxygens (including phenoxy) is 1. The first-order valence-corrected chi connectivity index (χ1v) is 13.8. The van der Waals surface area contributed by atoms with Crippen molar-refractivity contribution in [2.75, 3.05) is 43.0 Å². The Morgan fingerprint density at radius 2 is 1.69 bits per heavy atom. The first-order valence-electron chi connectivity index (χ1n) is 11.9. The largest absolute Gasteiger partial charge is 0.494 e. The van der Waals surface area contributed by atoms with E-state index in [9.17, 15) is 13.2 Å². The number of carbonyl (C=O) groups is 1. The minimum atomic E-state index is -3.58. The van der Waals surface area contributed by atoms with E-state index >= 15 is 0 Å². The van der Waals surface area contributed by atoms with Crippen molar-refractivity contribution in [3.8, 4) is 5.75 Å². The van der Waals surface area contributed by atoms with E-state index in [4.69, 9.17) is 16.3 Å². The highest BCUT2D eigenvalue weighted by atomic mass is 35.5. The lowest BCUT2D eigenvalue weighted by Crippen LogP contribution is -2.49. The number of hydrogen-bond donors (Lipinski definition) is 1. The van der Waals surface area contributed by atoms with Crippen molar-refractivity contribution >= 4 is 38.9 Å². The number of anilines is 2. The van der Waals surface area contributed by atoms with Gasteiger partial charge in [0.25, 0.3) is 5.91 Å². The zero-order chi connectivity index (χ0) is 25.7. The molecule has 1 aliphatic heterocycles. The minimum Gasteiger partial charge on any atom is -0.494 e. The van der Waals surface area contributed by atoms with Crippen molar-refractivity contribution in [2.45, 2.75) is 25.2 Å². The maximum absolute atomic E-state index is 13.1. The molecule has 1 amide bonds. The number of benzene rings is 3. The molecular formula is C27H30ClN3O4S. The minimum absolute atomic E-state index is 0.277. The monoisotopic (exact) mass is 527 g/mol. The summed E-state index contributed by atoms with van der Waals surface area (Å²) in [7, 11) is -3.58. The van der Waals surface area contributed by atoms with E-state index < -0.39 is 10.0 Å². The second-order valence-electron chi connectivity index (χ2n) is 8.67. The number of sulfonamides is 1. The van der Waals surface area contributed by atoms with Gasteiger partial charge in [-0.05, 0) is 55.8 Å². The molecule has 0 aliphatic carbocycles. The summed E-state index contributed by atoms with van der Waals surface area (Å²) in [5.41, 5.74) is 2.73. The number of hydrogen-bond acceptors (Lipinski definition) is 5. The van der Waals surface area contributed by atoms with Gasteiger partial charge >= 0.3 is 0 Å². The van der Waals surface area contributed by atoms with Gasteiger partial charge in [-0.15, -0.1) is 0 Å². The molecule has 1 N–H and O–H groups in total. The number of nitrogens with one attached hydrogen (secondary N) is 1. The standard InChI is InChI=1S/C27H30ClN3O4S/c1-3-18-35-22-7-4-6-21(19-22)27(32)29-25-9-5-8-24(28)26(25)30-14-16-31(17-15-30)36(33,34)23-12-10-20(2)11-13-23/h4-13,19H,3,14-18H2,1-2H3,(H,29,32). The van der Waals surface area contributed by atoms with Gasteiger partial charge in [0.05, 0.1) is 27.9 Å². The highest BCUT2D eigenvalue weighted by molar-refractivity contribution is 7.89. The number of aryl methyl sites for hydroxylation is 1. The van der Waals surface area contributed by atoms with Crippen LogP contribution in [0.3, 0.4) is 0 Å². The van der Waals surface area contributed by atoms with E-state index in [0.29, 0.717) is 60.5 Å². The molecule has 3 aromatic carbocycles. The average Bonchev–Trinajstić information content (AvgIpc) is 2.88. The summed E-state index contributed by atoms with van der Waals surface area (Å²) in [6.07, 6.45) is 0.877. The van der Waals surface area contributed by atoms with Gasteiger partial charge in [-0.1, -0.05) is 48.4 Å². The van der Waals surface area contributed by atoms with Gasteiger partial charge in [0, 0.05) is 31.7 Å². The van der Waals surface area contributed by atoms with Crippen LogP contribution in [-0.2, 0) is 10.0 Å². The highest BCUT2D eigenvalue weighted by Crippen LogP contribution is 2.35. The number of nitrogens with zero attached hydrogens (tertiary/aromatic N) is 2. The quantitative estimate of drug-likeness (QED) is 0.435. The van der Waals surface area contributed by atoms with Crippen LogP contribution in [0.2, 0.25) is 5.02 Å². The summed E-state index contributed by atoms with van der Waals surface area (Å²) >= 11 is 6.57. The third kappa shape index (κ3) is 5.83. The summed E-state index contributed by atoms with van der Waals surface area (Å²) in [4.78, 5) is 15.3. The summed E-state index contributed by atoms with van der Waals surface area (Å²) in [6.45, 7) is 6.03. The van der Waals surface area contributed by atoms with Gasteiger partial charge in [0.15, 0.2) is 0 Å². The lowest BCUT2D eigenvalue weighted by molar-refractivity contribution is 0.102. The molecule has 1 aliphatic rings. The number of halogens is 1. The first kappa shape index (κ1) is 26.0. The van der Waals surface area contributed by atoms with Crippen LogP contribution in [0.1, 0.15) is 29.3 Å². The third-order valence-corrected chi connectivity index (χ3v) is 8.24. The van der Waals surface area contributed by atoms with Gasteiger partial charge in [-0.25, -0.2) is 8.42 Å². The van der Waals surface area contributed by atoms with Gasteiger partial charge in [0.2, 0.25) is 10.0 Å². The number of carbonyl (C=O) groups excluding carboxylic acids is 1. The number of amides is 1. The molecule has 3 aromatic rings. The fourth-order valence-electron chi connectivity index (χ4n) is 4.09. The molecule has 0 bridgehead atoms. The van der Waals surface area contributed by atoms with Crippen LogP contribution in [0.15, 0.2) is 71.6 Å². The van der Waals surface area contributed by atoms with Gasteiger partial charge in [-0.2, -0.15) is 4.31 Å². The van der Waals surface area contributed by atoms with Crippen molar-refractivity contribution < 1.29 is 17.9 Å².